The monoisotopic (exact) mass is 432 g/mol. The first-order valence-electron chi connectivity index (χ1n) is 12.2. The maximum Gasteiger partial charge on any atom is 0.0811 e. The summed E-state index contributed by atoms with van der Waals surface area (Å²) in [5.74, 6) is 0.729. The zero-order chi connectivity index (χ0) is 23.0. The van der Waals surface area contributed by atoms with Gasteiger partial charge in [-0.1, -0.05) is 31.2 Å². The molecule has 0 aromatic heterocycles. The number of hydrogen-bond donors (Lipinski definition) is 4. The van der Waals surface area contributed by atoms with E-state index in [1.807, 2.05) is 20.8 Å². The molecule has 3 saturated carbocycles. The Morgan fingerprint density at radius 3 is 2.48 bits per heavy atom. The average Bonchev–Trinajstić information content (AvgIpc) is 3.00. The van der Waals surface area contributed by atoms with Crippen molar-refractivity contribution in [3.05, 3.63) is 35.5 Å². The Labute approximate surface area is 188 Å². The molecule has 0 aliphatic heterocycles. The standard InChI is InChI=1S/C27H44O4/c1-18-20(16-21(28)17-23(18)29)10-9-19-8-6-14-26(4)22(19)11-12-24(26)27(5,31)15-7-13-25(2,3)30/h9-10,21-24,28-31H,1,6-8,11-17H2,2-5H3/b19-9+,20-10-/t21-,22+,23+,24+,26+,27+/m1/s1. The van der Waals surface area contributed by atoms with E-state index < -0.39 is 23.4 Å². The van der Waals surface area contributed by atoms with E-state index in [0.717, 1.165) is 56.1 Å². The van der Waals surface area contributed by atoms with Gasteiger partial charge >= 0.3 is 0 Å². The third-order valence-electron chi connectivity index (χ3n) is 8.45. The lowest BCUT2D eigenvalue weighted by Crippen LogP contribution is -2.45. The van der Waals surface area contributed by atoms with Crippen molar-refractivity contribution < 1.29 is 20.4 Å². The summed E-state index contributed by atoms with van der Waals surface area (Å²) >= 11 is 0. The average molecular weight is 433 g/mol. The van der Waals surface area contributed by atoms with Gasteiger partial charge in [-0.2, -0.15) is 0 Å². The summed E-state index contributed by atoms with van der Waals surface area (Å²) in [5, 5.41) is 41.6. The topological polar surface area (TPSA) is 80.9 Å². The Kier molecular flexibility index (Phi) is 7.27. The van der Waals surface area contributed by atoms with Gasteiger partial charge in [-0.25, -0.2) is 0 Å². The van der Waals surface area contributed by atoms with Crippen LogP contribution in [0.1, 0.15) is 91.9 Å². The molecule has 4 heteroatoms. The smallest absolute Gasteiger partial charge is 0.0811 e. The van der Waals surface area contributed by atoms with Crippen molar-refractivity contribution in [2.75, 3.05) is 0 Å². The number of rotatable bonds is 6. The molecule has 3 rings (SSSR count). The third-order valence-corrected chi connectivity index (χ3v) is 8.45. The third kappa shape index (κ3) is 5.52. The maximum atomic E-state index is 11.4. The van der Waals surface area contributed by atoms with Gasteiger partial charge in [-0.15, -0.1) is 0 Å². The summed E-state index contributed by atoms with van der Waals surface area (Å²) in [5.41, 5.74) is 1.82. The fourth-order valence-electron chi connectivity index (χ4n) is 6.78. The molecule has 3 fully saturated rings. The Morgan fingerprint density at radius 1 is 1.10 bits per heavy atom. The molecule has 3 aliphatic carbocycles. The summed E-state index contributed by atoms with van der Waals surface area (Å²) in [6.07, 6.45) is 11.8. The van der Waals surface area contributed by atoms with Crippen LogP contribution >= 0.6 is 0 Å². The van der Waals surface area contributed by atoms with Gasteiger partial charge in [-0.3, -0.25) is 0 Å². The van der Waals surface area contributed by atoms with E-state index in [2.05, 4.69) is 25.7 Å². The molecular weight excluding hydrogens is 388 g/mol. The molecule has 0 amide bonds. The van der Waals surface area contributed by atoms with Crippen LogP contribution in [0.25, 0.3) is 0 Å². The highest BCUT2D eigenvalue weighted by molar-refractivity contribution is 5.38. The van der Waals surface area contributed by atoms with Gasteiger partial charge in [0.1, 0.15) is 0 Å². The van der Waals surface area contributed by atoms with Gasteiger partial charge in [-0.05, 0) is 107 Å². The van der Waals surface area contributed by atoms with Crippen LogP contribution < -0.4 is 0 Å². The van der Waals surface area contributed by atoms with Crippen molar-refractivity contribution in [2.45, 2.75) is 115 Å². The molecule has 176 valence electrons. The molecular formula is C27H44O4. The van der Waals surface area contributed by atoms with Gasteiger partial charge in [0.25, 0.3) is 0 Å². The van der Waals surface area contributed by atoms with E-state index in [-0.39, 0.29) is 11.3 Å². The highest BCUT2D eigenvalue weighted by Crippen LogP contribution is 2.60. The highest BCUT2D eigenvalue weighted by Gasteiger charge is 2.54. The summed E-state index contributed by atoms with van der Waals surface area (Å²) in [7, 11) is 0. The van der Waals surface area contributed by atoms with Crippen LogP contribution in [-0.4, -0.2) is 43.8 Å². The van der Waals surface area contributed by atoms with E-state index in [1.165, 1.54) is 5.57 Å². The number of fused-ring (bicyclic) bond motifs is 1. The summed E-state index contributed by atoms with van der Waals surface area (Å²) in [6, 6.07) is 0. The lowest BCUT2D eigenvalue weighted by molar-refractivity contribution is -0.0680. The molecule has 0 aromatic carbocycles. The van der Waals surface area contributed by atoms with Crippen molar-refractivity contribution in [3.8, 4) is 0 Å². The van der Waals surface area contributed by atoms with Gasteiger partial charge < -0.3 is 20.4 Å². The fraction of sp³-hybridized carbons (Fsp3) is 0.778. The van der Waals surface area contributed by atoms with Crippen molar-refractivity contribution in [3.63, 3.8) is 0 Å². The molecule has 4 N–H and O–H groups in total. The number of allylic oxidation sites excluding steroid dienone is 3. The van der Waals surface area contributed by atoms with Crippen LogP contribution in [0.4, 0.5) is 0 Å². The molecule has 0 radical (unpaired) electrons. The van der Waals surface area contributed by atoms with Crippen LogP contribution in [0.3, 0.4) is 0 Å². The van der Waals surface area contributed by atoms with Crippen molar-refractivity contribution >= 4 is 0 Å². The maximum absolute atomic E-state index is 11.4. The van der Waals surface area contributed by atoms with Crippen LogP contribution in [0, 0.1) is 17.3 Å². The van der Waals surface area contributed by atoms with Crippen molar-refractivity contribution in [1.82, 2.24) is 0 Å². The minimum absolute atomic E-state index is 0.0867. The first-order chi connectivity index (χ1) is 14.3. The first kappa shape index (κ1) is 24.7. The minimum atomic E-state index is -0.721. The normalized spacial score (nSPS) is 39.0. The molecule has 0 bridgehead atoms. The van der Waals surface area contributed by atoms with E-state index in [9.17, 15) is 20.4 Å². The number of aliphatic hydroxyl groups excluding tert-OH is 2. The molecule has 0 aromatic rings. The Bertz CT molecular complexity index is 726. The van der Waals surface area contributed by atoms with Crippen LogP contribution in [-0.2, 0) is 0 Å². The molecule has 4 nitrogen and oxygen atoms in total. The van der Waals surface area contributed by atoms with E-state index >= 15 is 0 Å². The summed E-state index contributed by atoms with van der Waals surface area (Å²) in [4.78, 5) is 0. The highest BCUT2D eigenvalue weighted by atomic mass is 16.3. The van der Waals surface area contributed by atoms with E-state index in [0.29, 0.717) is 25.2 Å². The predicted octanol–water partition coefficient (Wildman–Crippen LogP) is 4.82. The second kappa shape index (κ2) is 9.13. The lowest BCUT2D eigenvalue weighted by Gasteiger charge is -2.47. The molecule has 0 unspecified atom stereocenters. The van der Waals surface area contributed by atoms with Gasteiger partial charge in [0.05, 0.1) is 23.4 Å². The molecule has 3 aliphatic rings. The SMILES string of the molecule is C=C1/C(=C\C=C2/CCC[C@@]3(C)[C@H]2CC[C@@H]3[C@@](C)(O)CCCC(C)(C)O)C[C@@H](O)C[C@@H]1O. The minimum Gasteiger partial charge on any atom is -0.393 e. The Hall–Kier alpha value is -0.940. The summed E-state index contributed by atoms with van der Waals surface area (Å²) in [6.45, 7) is 12.1. The van der Waals surface area contributed by atoms with E-state index in [1.54, 1.807) is 0 Å². The van der Waals surface area contributed by atoms with Crippen molar-refractivity contribution in [1.29, 1.82) is 0 Å². The molecule has 0 heterocycles. The van der Waals surface area contributed by atoms with Crippen LogP contribution in [0.15, 0.2) is 35.5 Å². The Balaban J connectivity index is 1.75. The van der Waals surface area contributed by atoms with Gasteiger partial charge in [0.2, 0.25) is 0 Å². The first-order valence-corrected chi connectivity index (χ1v) is 12.2. The Morgan fingerprint density at radius 2 is 1.81 bits per heavy atom. The predicted molar refractivity (Wildman–Crippen MR) is 125 cm³/mol. The van der Waals surface area contributed by atoms with E-state index in [4.69, 9.17) is 0 Å². The quantitative estimate of drug-likeness (QED) is 0.485. The largest absolute Gasteiger partial charge is 0.393 e. The van der Waals surface area contributed by atoms with Crippen LogP contribution in [0.2, 0.25) is 0 Å². The zero-order valence-corrected chi connectivity index (χ0v) is 20.0. The second-order valence-corrected chi connectivity index (χ2v) is 11.6. The number of aliphatic hydroxyl groups is 4. The summed E-state index contributed by atoms with van der Waals surface area (Å²) < 4.78 is 0. The van der Waals surface area contributed by atoms with Crippen molar-refractivity contribution in [2.24, 2.45) is 17.3 Å². The lowest BCUT2D eigenvalue weighted by atomic mass is 9.59. The number of hydrogen-bond acceptors (Lipinski definition) is 4. The van der Waals surface area contributed by atoms with Crippen LogP contribution in [0.5, 0.6) is 0 Å². The molecule has 31 heavy (non-hydrogen) atoms. The van der Waals surface area contributed by atoms with Gasteiger partial charge in [0.15, 0.2) is 0 Å². The zero-order valence-electron chi connectivity index (χ0n) is 20.0. The molecule has 0 spiro atoms. The fourth-order valence-corrected chi connectivity index (χ4v) is 6.78. The molecule has 0 saturated heterocycles. The second-order valence-electron chi connectivity index (χ2n) is 11.6. The molecule has 6 atom stereocenters. The van der Waals surface area contributed by atoms with Gasteiger partial charge in [0, 0.05) is 6.42 Å².